The van der Waals surface area contributed by atoms with Gasteiger partial charge in [-0.3, -0.25) is 0 Å². The van der Waals surface area contributed by atoms with Crippen LogP contribution in [0, 0.1) is 5.82 Å². The molecule has 4 heteroatoms. The highest BCUT2D eigenvalue weighted by Crippen LogP contribution is 2.14. The summed E-state index contributed by atoms with van der Waals surface area (Å²) < 4.78 is 18.9. The average molecular weight is 260 g/mol. The number of rotatable bonds is 6. The standard InChI is InChI=1S/C15H17FN2O/c1-2-10-17-14-8-5-9-15(18-14)19-11-12-6-3-4-7-13(12)16/h3-9H,2,10-11H2,1H3,(H,17,18). The van der Waals surface area contributed by atoms with Crippen molar-refractivity contribution in [2.75, 3.05) is 11.9 Å². The van der Waals surface area contributed by atoms with E-state index in [4.69, 9.17) is 4.74 Å². The zero-order chi connectivity index (χ0) is 13.5. The second-order valence-corrected chi connectivity index (χ2v) is 4.17. The van der Waals surface area contributed by atoms with Gasteiger partial charge in [0.2, 0.25) is 5.88 Å². The molecular weight excluding hydrogens is 243 g/mol. The van der Waals surface area contributed by atoms with E-state index in [2.05, 4.69) is 17.2 Å². The number of nitrogens with zero attached hydrogens (tertiary/aromatic N) is 1. The van der Waals surface area contributed by atoms with E-state index in [1.54, 1.807) is 24.3 Å². The lowest BCUT2D eigenvalue weighted by molar-refractivity contribution is 0.288. The van der Waals surface area contributed by atoms with E-state index in [1.165, 1.54) is 6.07 Å². The summed E-state index contributed by atoms with van der Waals surface area (Å²) in [6, 6.07) is 12.1. The first-order valence-electron chi connectivity index (χ1n) is 6.36. The summed E-state index contributed by atoms with van der Waals surface area (Å²) in [5, 5.41) is 3.18. The second-order valence-electron chi connectivity index (χ2n) is 4.17. The van der Waals surface area contributed by atoms with Crippen LogP contribution in [-0.4, -0.2) is 11.5 Å². The summed E-state index contributed by atoms with van der Waals surface area (Å²) >= 11 is 0. The molecule has 1 aromatic carbocycles. The Hall–Kier alpha value is -2.10. The number of ether oxygens (including phenoxy) is 1. The molecule has 100 valence electrons. The first-order valence-corrected chi connectivity index (χ1v) is 6.36. The number of benzene rings is 1. The molecule has 2 aromatic rings. The molecule has 1 heterocycles. The zero-order valence-electron chi connectivity index (χ0n) is 10.9. The Morgan fingerprint density at radius 3 is 2.79 bits per heavy atom. The number of aromatic nitrogens is 1. The van der Waals surface area contributed by atoms with E-state index in [9.17, 15) is 4.39 Å². The number of pyridine rings is 1. The van der Waals surface area contributed by atoms with Gasteiger partial charge < -0.3 is 10.1 Å². The SMILES string of the molecule is CCCNc1cccc(OCc2ccccc2F)n1. The Kier molecular flexibility index (Phi) is 4.72. The van der Waals surface area contributed by atoms with Gasteiger partial charge in [0.25, 0.3) is 0 Å². The highest BCUT2D eigenvalue weighted by atomic mass is 19.1. The fourth-order valence-corrected chi connectivity index (χ4v) is 1.61. The van der Waals surface area contributed by atoms with E-state index < -0.39 is 0 Å². The van der Waals surface area contributed by atoms with Gasteiger partial charge in [-0.25, -0.2) is 4.39 Å². The molecule has 0 saturated carbocycles. The van der Waals surface area contributed by atoms with E-state index >= 15 is 0 Å². The molecule has 19 heavy (non-hydrogen) atoms. The minimum absolute atomic E-state index is 0.177. The third-order valence-electron chi connectivity index (χ3n) is 2.61. The Morgan fingerprint density at radius 2 is 2.00 bits per heavy atom. The Labute approximate surface area is 112 Å². The number of anilines is 1. The van der Waals surface area contributed by atoms with Crippen LogP contribution in [0.2, 0.25) is 0 Å². The van der Waals surface area contributed by atoms with Crippen molar-refractivity contribution in [2.45, 2.75) is 20.0 Å². The minimum Gasteiger partial charge on any atom is -0.473 e. The van der Waals surface area contributed by atoms with Crippen molar-refractivity contribution in [3.63, 3.8) is 0 Å². The Morgan fingerprint density at radius 1 is 1.16 bits per heavy atom. The van der Waals surface area contributed by atoms with E-state index in [1.807, 2.05) is 12.1 Å². The van der Waals surface area contributed by atoms with Gasteiger partial charge in [-0.05, 0) is 18.6 Å². The van der Waals surface area contributed by atoms with Crippen molar-refractivity contribution in [2.24, 2.45) is 0 Å². The molecule has 0 spiro atoms. The minimum atomic E-state index is -0.261. The molecule has 0 fully saturated rings. The van der Waals surface area contributed by atoms with Gasteiger partial charge in [-0.15, -0.1) is 0 Å². The van der Waals surface area contributed by atoms with Gasteiger partial charge >= 0.3 is 0 Å². The van der Waals surface area contributed by atoms with Crippen molar-refractivity contribution >= 4 is 5.82 Å². The lowest BCUT2D eigenvalue weighted by Gasteiger charge is -2.08. The summed E-state index contributed by atoms with van der Waals surface area (Å²) in [4.78, 5) is 4.30. The van der Waals surface area contributed by atoms with E-state index in [0.717, 1.165) is 18.8 Å². The lowest BCUT2D eigenvalue weighted by atomic mass is 10.2. The van der Waals surface area contributed by atoms with Crippen LogP contribution in [0.3, 0.4) is 0 Å². The first kappa shape index (κ1) is 13.3. The summed E-state index contributed by atoms with van der Waals surface area (Å²) in [6.45, 7) is 3.13. The Balaban J connectivity index is 1.98. The molecular formula is C15H17FN2O. The molecule has 1 N–H and O–H groups in total. The Bertz CT molecular complexity index is 531. The van der Waals surface area contributed by atoms with Gasteiger partial charge in [-0.1, -0.05) is 31.2 Å². The summed E-state index contributed by atoms with van der Waals surface area (Å²) in [5.41, 5.74) is 0.524. The topological polar surface area (TPSA) is 34.1 Å². The number of hydrogen-bond donors (Lipinski definition) is 1. The van der Waals surface area contributed by atoms with Crippen molar-refractivity contribution in [1.82, 2.24) is 4.98 Å². The quantitative estimate of drug-likeness (QED) is 0.861. The predicted molar refractivity (Wildman–Crippen MR) is 73.7 cm³/mol. The lowest BCUT2D eigenvalue weighted by Crippen LogP contribution is -2.04. The third kappa shape index (κ3) is 3.95. The summed E-state index contributed by atoms with van der Waals surface area (Å²) in [7, 11) is 0. The van der Waals surface area contributed by atoms with Crippen LogP contribution in [-0.2, 0) is 6.61 Å². The molecule has 0 aliphatic heterocycles. The van der Waals surface area contributed by atoms with E-state index in [0.29, 0.717) is 11.4 Å². The largest absolute Gasteiger partial charge is 0.473 e. The third-order valence-corrected chi connectivity index (χ3v) is 2.61. The van der Waals surface area contributed by atoms with Crippen LogP contribution < -0.4 is 10.1 Å². The van der Waals surface area contributed by atoms with Crippen LogP contribution in [0.5, 0.6) is 5.88 Å². The fraction of sp³-hybridized carbons (Fsp3) is 0.267. The fourth-order valence-electron chi connectivity index (χ4n) is 1.61. The van der Waals surface area contributed by atoms with Gasteiger partial charge in [0.1, 0.15) is 18.2 Å². The molecule has 0 saturated heterocycles. The van der Waals surface area contributed by atoms with Crippen molar-refractivity contribution in [1.29, 1.82) is 0 Å². The highest BCUT2D eigenvalue weighted by Gasteiger charge is 2.03. The molecule has 0 radical (unpaired) electrons. The van der Waals surface area contributed by atoms with Gasteiger partial charge in [0.05, 0.1) is 0 Å². The van der Waals surface area contributed by atoms with Gasteiger partial charge in [0.15, 0.2) is 0 Å². The van der Waals surface area contributed by atoms with E-state index in [-0.39, 0.29) is 12.4 Å². The molecule has 0 aliphatic rings. The molecule has 3 nitrogen and oxygen atoms in total. The molecule has 0 amide bonds. The zero-order valence-corrected chi connectivity index (χ0v) is 10.9. The molecule has 1 aromatic heterocycles. The van der Waals surface area contributed by atoms with Crippen molar-refractivity contribution < 1.29 is 9.13 Å². The number of halogens is 1. The molecule has 0 bridgehead atoms. The van der Waals surface area contributed by atoms with Crippen LogP contribution >= 0.6 is 0 Å². The maximum Gasteiger partial charge on any atom is 0.215 e. The van der Waals surface area contributed by atoms with Crippen LogP contribution in [0.1, 0.15) is 18.9 Å². The molecule has 0 unspecified atom stereocenters. The maximum absolute atomic E-state index is 13.4. The molecule has 2 rings (SSSR count). The first-order chi connectivity index (χ1) is 9.29. The number of nitrogens with one attached hydrogen (secondary N) is 1. The average Bonchev–Trinajstić information content (AvgIpc) is 2.45. The highest BCUT2D eigenvalue weighted by molar-refractivity contribution is 5.36. The second kappa shape index (κ2) is 6.73. The van der Waals surface area contributed by atoms with Crippen LogP contribution in [0.15, 0.2) is 42.5 Å². The summed E-state index contributed by atoms with van der Waals surface area (Å²) in [6.07, 6.45) is 1.03. The monoisotopic (exact) mass is 260 g/mol. The van der Waals surface area contributed by atoms with Crippen molar-refractivity contribution in [3.8, 4) is 5.88 Å². The van der Waals surface area contributed by atoms with Crippen LogP contribution in [0.4, 0.5) is 10.2 Å². The molecule has 0 atom stereocenters. The van der Waals surface area contributed by atoms with Gasteiger partial charge in [0, 0.05) is 18.2 Å². The number of hydrogen-bond acceptors (Lipinski definition) is 3. The smallest absolute Gasteiger partial charge is 0.215 e. The normalized spacial score (nSPS) is 10.2. The van der Waals surface area contributed by atoms with Crippen molar-refractivity contribution in [3.05, 3.63) is 53.8 Å². The maximum atomic E-state index is 13.4. The van der Waals surface area contributed by atoms with Crippen LogP contribution in [0.25, 0.3) is 0 Å². The summed E-state index contributed by atoms with van der Waals surface area (Å²) in [5.74, 6) is 1.00. The molecule has 0 aliphatic carbocycles. The van der Waals surface area contributed by atoms with Gasteiger partial charge in [-0.2, -0.15) is 4.98 Å². The predicted octanol–water partition coefficient (Wildman–Crippen LogP) is 3.62.